The molecule has 0 amide bonds. The number of nitrogens with one attached hydrogen (secondary N) is 1. The third-order valence-corrected chi connectivity index (χ3v) is 2.09. The van der Waals surface area contributed by atoms with Crippen LogP contribution in [-0.2, 0) is 4.87 Å². The van der Waals surface area contributed by atoms with Gasteiger partial charge in [0.2, 0.25) is 0 Å². The fourth-order valence-corrected chi connectivity index (χ4v) is 1.47. The van der Waals surface area contributed by atoms with Gasteiger partial charge in [-0.05, 0) is 19.9 Å². The molecule has 2 aromatic heterocycles. The third-order valence-electron chi connectivity index (χ3n) is 1.91. The van der Waals surface area contributed by atoms with Crippen LogP contribution in [0.2, 0.25) is 0 Å². The van der Waals surface area contributed by atoms with Crippen LogP contribution in [0.25, 0.3) is 11.0 Å². The summed E-state index contributed by atoms with van der Waals surface area (Å²) in [5, 5.41) is 0. The average molecular weight is 196 g/mol. The second-order valence-corrected chi connectivity index (χ2v) is 4.38. The zero-order valence-corrected chi connectivity index (χ0v) is 8.26. The first-order chi connectivity index (χ1) is 6.09. The van der Waals surface area contributed by atoms with Crippen LogP contribution >= 0.6 is 11.6 Å². The Morgan fingerprint density at radius 3 is 2.85 bits per heavy atom. The monoisotopic (exact) mass is 195 g/mol. The van der Waals surface area contributed by atoms with E-state index in [0.29, 0.717) is 0 Å². The number of H-pyrrole nitrogens is 1. The van der Waals surface area contributed by atoms with Gasteiger partial charge in [0.05, 0.1) is 21.6 Å². The molecule has 0 aliphatic rings. The molecular weight excluding hydrogens is 186 g/mol. The van der Waals surface area contributed by atoms with Crippen molar-refractivity contribution in [2.45, 2.75) is 18.7 Å². The van der Waals surface area contributed by atoms with Crippen molar-refractivity contribution >= 4 is 22.6 Å². The molecule has 0 aromatic carbocycles. The van der Waals surface area contributed by atoms with Gasteiger partial charge in [0.15, 0.2) is 0 Å². The molecule has 0 saturated carbocycles. The molecule has 0 bridgehead atoms. The van der Waals surface area contributed by atoms with Crippen molar-refractivity contribution in [1.82, 2.24) is 15.0 Å². The van der Waals surface area contributed by atoms with E-state index in [1.165, 1.54) is 6.33 Å². The molecule has 0 aliphatic carbocycles. The number of aromatic amines is 1. The van der Waals surface area contributed by atoms with Crippen molar-refractivity contribution in [3.63, 3.8) is 0 Å². The number of hydrogen-bond donors (Lipinski definition) is 1. The molecule has 0 unspecified atom stereocenters. The van der Waals surface area contributed by atoms with Gasteiger partial charge in [0.1, 0.15) is 6.33 Å². The summed E-state index contributed by atoms with van der Waals surface area (Å²) < 4.78 is 0. The minimum absolute atomic E-state index is 0.466. The van der Waals surface area contributed by atoms with Gasteiger partial charge in [-0.3, -0.25) is 0 Å². The summed E-state index contributed by atoms with van der Waals surface area (Å²) in [6.07, 6.45) is 3.38. The fourth-order valence-electron chi connectivity index (χ4n) is 1.32. The summed E-state index contributed by atoms with van der Waals surface area (Å²) >= 11 is 6.18. The summed E-state index contributed by atoms with van der Waals surface area (Å²) in [5.41, 5.74) is 2.66. The first-order valence-corrected chi connectivity index (χ1v) is 4.44. The predicted molar refractivity (Wildman–Crippen MR) is 52.8 cm³/mol. The zero-order chi connectivity index (χ0) is 9.47. The van der Waals surface area contributed by atoms with E-state index < -0.39 is 4.87 Å². The van der Waals surface area contributed by atoms with E-state index >= 15 is 0 Å². The van der Waals surface area contributed by atoms with E-state index in [1.807, 2.05) is 26.1 Å². The highest BCUT2D eigenvalue weighted by molar-refractivity contribution is 6.24. The number of rotatable bonds is 1. The van der Waals surface area contributed by atoms with Crippen molar-refractivity contribution in [2.24, 2.45) is 0 Å². The Hall–Kier alpha value is -1.09. The quantitative estimate of drug-likeness (QED) is 0.711. The van der Waals surface area contributed by atoms with Crippen molar-refractivity contribution in [3.8, 4) is 0 Å². The number of fused-ring (bicyclic) bond motifs is 1. The van der Waals surface area contributed by atoms with Gasteiger partial charge in [-0.2, -0.15) is 0 Å². The highest BCUT2D eigenvalue weighted by Crippen LogP contribution is 2.29. The average Bonchev–Trinajstić information content (AvgIpc) is 2.48. The van der Waals surface area contributed by atoms with E-state index in [9.17, 15) is 0 Å². The van der Waals surface area contributed by atoms with Crippen molar-refractivity contribution in [1.29, 1.82) is 0 Å². The molecule has 0 spiro atoms. The molecule has 2 aromatic rings. The number of hydrogen-bond acceptors (Lipinski definition) is 2. The number of alkyl halides is 1. The molecule has 0 radical (unpaired) electrons. The van der Waals surface area contributed by atoms with Gasteiger partial charge in [0, 0.05) is 6.20 Å². The molecule has 0 aliphatic heterocycles. The molecule has 0 atom stereocenters. The van der Waals surface area contributed by atoms with E-state index in [4.69, 9.17) is 11.6 Å². The minimum atomic E-state index is -0.466. The van der Waals surface area contributed by atoms with E-state index in [2.05, 4.69) is 15.0 Å². The number of aromatic nitrogens is 3. The highest BCUT2D eigenvalue weighted by Gasteiger charge is 2.21. The standard InChI is InChI=1S/C9H10ClN3/c1-9(2,10)8-7-6(3-4-11-7)12-5-13-8/h3-5,11H,1-2H3. The van der Waals surface area contributed by atoms with E-state index in [-0.39, 0.29) is 0 Å². The second-order valence-electron chi connectivity index (χ2n) is 3.43. The zero-order valence-electron chi connectivity index (χ0n) is 7.50. The largest absolute Gasteiger partial charge is 0.358 e. The molecular formula is C9H10ClN3. The topological polar surface area (TPSA) is 41.6 Å². The Morgan fingerprint density at radius 2 is 2.15 bits per heavy atom. The van der Waals surface area contributed by atoms with Crippen LogP contribution in [0.4, 0.5) is 0 Å². The first kappa shape index (κ1) is 8.51. The fraction of sp³-hybridized carbons (Fsp3) is 0.333. The van der Waals surface area contributed by atoms with Gasteiger partial charge >= 0.3 is 0 Å². The minimum Gasteiger partial charge on any atom is -0.358 e. The molecule has 4 heteroatoms. The molecule has 2 heterocycles. The maximum Gasteiger partial charge on any atom is 0.116 e. The number of halogens is 1. The molecule has 0 fully saturated rings. The Labute approximate surface area is 81.2 Å². The van der Waals surface area contributed by atoms with Crippen molar-refractivity contribution in [2.75, 3.05) is 0 Å². The van der Waals surface area contributed by atoms with Gasteiger partial charge in [-0.25, -0.2) is 9.97 Å². The second kappa shape index (κ2) is 2.70. The lowest BCUT2D eigenvalue weighted by Crippen LogP contribution is -2.11. The summed E-state index contributed by atoms with van der Waals surface area (Å²) in [4.78, 5) is 10.9. The summed E-state index contributed by atoms with van der Waals surface area (Å²) in [5.74, 6) is 0. The van der Waals surface area contributed by atoms with E-state index in [1.54, 1.807) is 0 Å². The van der Waals surface area contributed by atoms with Gasteiger partial charge in [-0.1, -0.05) is 0 Å². The lowest BCUT2D eigenvalue weighted by atomic mass is 10.1. The van der Waals surface area contributed by atoms with Crippen LogP contribution in [0.1, 0.15) is 19.5 Å². The molecule has 3 nitrogen and oxygen atoms in total. The molecule has 68 valence electrons. The predicted octanol–water partition coefficient (Wildman–Crippen LogP) is 2.43. The summed E-state index contributed by atoms with van der Waals surface area (Å²) in [6.45, 7) is 3.83. The lowest BCUT2D eigenvalue weighted by Gasteiger charge is -2.14. The van der Waals surface area contributed by atoms with Gasteiger partial charge in [-0.15, -0.1) is 11.6 Å². The van der Waals surface area contributed by atoms with Crippen LogP contribution in [-0.4, -0.2) is 15.0 Å². The normalized spacial score (nSPS) is 12.2. The Morgan fingerprint density at radius 1 is 1.38 bits per heavy atom. The molecule has 0 saturated heterocycles. The lowest BCUT2D eigenvalue weighted by molar-refractivity contribution is 0.736. The van der Waals surface area contributed by atoms with Crippen LogP contribution in [0.5, 0.6) is 0 Å². The van der Waals surface area contributed by atoms with E-state index in [0.717, 1.165) is 16.7 Å². The molecule has 13 heavy (non-hydrogen) atoms. The Kier molecular flexibility index (Phi) is 1.77. The van der Waals surface area contributed by atoms with Gasteiger partial charge < -0.3 is 4.98 Å². The van der Waals surface area contributed by atoms with Crippen molar-refractivity contribution in [3.05, 3.63) is 24.3 Å². The van der Waals surface area contributed by atoms with Gasteiger partial charge in [0.25, 0.3) is 0 Å². The molecule has 2 rings (SSSR count). The van der Waals surface area contributed by atoms with Crippen LogP contribution in [0.15, 0.2) is 18.6 Å². The summed E-state index contributed by atoms with van der Waals surface area (Å²) in [7, 11) is 0. The van der Waals surface area contributed by atoms with Crippen LogP contribution in [0.3, 0.4) is 0 Å². The SMILES string of the molecule is CC(C)(Cl)c1ncnc2cc[nH]c12. The Balaban J connectivity index is 2.75. The number of nitrogens with zero attached hydrogens (tertiary/aromatic N) is 2. The summed E-state index contributed by atoms with van der Waals surface area (Å²) in [6, 6.07) is 1.91. The maximum absolute atomic E-state index is 6.18. The first-order valence-electron chi connectivity index (χ1n) is 4.06. The van der Waals surface area contributed by atoms with Crippen LogP contribution in [0, 0.1) is 0 Å². The third kappa shape index (κ3) is 1.40. The smallest absolute Gasteiger partial charge is 0.116 e. The Bertz CT molecular complexity index is 428. The molecule has 1 N–H and O–H groups in total. The maximum atomic E-state index is 6.18. The highest BCUT2D eigenvalue weighted by atomic mass is 35.5. The van der Waals surface area contributed by atoms with Crippen molar-refractivity contribution < 1.29 is 0 Å². The van der Waals surface area contributed by atoms with Crippen LogP contribution < -0.4 is 0 Å².